The van der Waals surface area contributed by atoms with Crippen molar-refractivity contribution in [3.8, 4) is 0 Å². The summed E-state index contributed by atoms with van der Waals surface area (Å²) in [6.07, 6.45) is 16.8. The Morgan fingerprint density at radius 2 is 1.58 bits per heavy atom. The van der Waals surface area contributed by atoms with E-state index in [4.69, 9.17) is 18.5 Å². The van der Waals surface area contributed by atoms with Gasteiger partial charge in [-0.1, -0.05) is 44.6 Å². The summed E-state index contributed by atoms with van der Waals surface area (Å²) in [5.74, 6) is -1.75. The van der Waals surface area contributed by atoms with Crippen LogP contribution in [-0.4, -0.2) is 40.3 Å². The number of unbranched alkanes of at least 4 members (excludes halogenated alkanes) is 1. The van der Waals surface area contributed by atoms with Crippen LogP contribution in [0, 0.1) is 23.7 Å². The van der Waals surface area contributed by atoms with Crippen molar-refractivity contribution in [2.75, 3.05) is 0 Å². The van der Waals surface area contributed by atoms with Crippen LogP contribution in [0.5, 0.6) is 0 Å². The number of hydrogen-bond acceptors (Lipinski definition) is 5. The van der Waals surface area contributed by atoms with Crippen molar-refractivity contribution in [3.05, 3.63) is 12.7 Å². The smallest absolute Gasteiger partial charge is 0.320 e. The third-order valence-electron chi connectivity index (χ3n) is 7.49. The van der Waals surface area contributed by atoms with E-state index < -0.39 is 23.9 Å². The quantitative estimate of drug-likeness (QED) is 0.208. The summed E-state index contributed by atoms with van der Waals surface area (Å²) in [6.45, 7) is 3.70. The summed E-state index contributed by atoms with van der Waals surface area (Å²) < 4.78 is 15.4. The molecule has 0 aromatic rings. The molecule has 0 unspecified atom stereocenters. The van der Waals surface area contributed by atoms with Crippen LogP contribution in [0.15, 0.2) is 12.7 Å². The van der Waals surface area contributed by atoms with E-state index in [0.717, 1.165) is 77.0 Å². The molecule has 192 valence electrons. The molecule has 3 fully saturated rings. The molecule has 0 aliphatic heterocycles. The van der Waals surface area contributed by atoms with E-state index in [2.05, 4.69) is 6.58 Å². The summed E-state index contributed by atoms with van der Waals surface area (Å²) in [5.41, 5.74) is 5.49. The third kappa shape index (κ3) is 9.86. The third-order valence-corrected chi connectivity index (χ3v) is 7.49. The van der Waals surface area contributed by atoms with Gasteiger partial charge in [0.15, 0.2) is 0 Å². The van der Waals surface area contributed by atoms with Gasteiger partial charge in [0.05, 0.1) is 12.3 Å². The van der Waals surface area contributed by atoms with Crippen molar-refractivity contribution >= 4 is 17.9 Å². The van der Waals surface area contributed by atoms with Crippen molar-refractivity contribution in [2.45, 2.75) is 108 Å². The Morgan fingerprint density at radius 3 is 2.09 bits per heavy atom. The molecule has 33 heavy (non-hydrogen) atoms. The molecular formula is C26H47NO6. The molecule has 0 aromatic heterocycles. The van der Waals surface area contributed by atoms with Crippen LogP contribution >= 0.6 is 0 Å². The Bertz CT molecular complexity index is 654. The fourth-order valence-electron chi connectivity index (χ4n) is 5.28. The molecule has 3 aliphatic carbocycles. The maximum absolute atomic E-state index is 12.0. The minimum atomic E-state index is -0.850. The Kier molecular flexibility index (Phi) is 11.2. The van der Waals surface area contributed by atoms with Crippen LogP contribution < -0.4 is 5.73 Å². The van der Waals surface area contributed by atoms with Crippen molar-refractivity contribution in [1.82, 2.24) is 0 Å². The zero-order chi connectivity index (χ0) is 26.2. The van der Waals surface area contributed by atoms with E-state index in [-0.39, 0.29) is 31.8 Å². The van der Waals surface area contributed by atoms with Crippen molar-refractivity contribution in [3.63, 3.8) is 0 Å². The standard InChI is InChI=1S/C18H28O4.C8H15NO2.2H2/c1-2-3-5-10-14-11-16(14)22-17(19)12-15(18(20)21)13-8-6-4-7-9-13;9-7(8(10)11)6-4-2-1-3-5-6;;/h2,13-16H,1,3-12H2,(H,20,21);6-7H,1-5,9H2,(H,10,11);2*1H/t14-,15+,16-;7-;;/m10../s1/i;;1+1D;1+1. The molecule has 0 amide bonds. The molecule has 3 aliphatic rings. The lowest BCUT2D eigenvalue weighted by Crippen LogP contribution is -2.38. The summed E-state index contributed by atoms with van der Waals surface area (Å²) in [7, 11) is 0. The van der Waals surface area contributed by atoms with E-state index >= 15 is 0 Å². The summed E-state index contributed by atoms with van der Waals surface area (Å²) >= 11 is 0. The van der Waals surface area contributed by atoms with Crippen LogP contribution in [0.3, 0.4) is 0 Å². The van der Waals surface area contributed by atoms with Gasteiger partial charge in [-0.05, 0) is 69.1 Å². The second-order valence-corrected chi connectivity index (χ2v) is 10.1. The van der Waals surface area contributed by atoms with E-state index in [0.29, 0.717) is 5.92 Å². The van der Waals surface area contributed by atoms with Gasteiger partial charge >= 0.3 is 17.9 Å². The van der Waals surface area contributed by atoms with Gasteiger partial charge in [0, 0.05) is 4.40 Å². The number of carboxylic acid groups (broad SMARTS) is 2. The highest BCUT2D eigenvalue weighted by Gasteiger charge is 2.41. The highest BCUT2D eigenvalue weighted by Crippen LogP contribution is 2.39. The number of aliphatic carboxylic acids is 2. The van der Waals surface area contributed by atoms with Crippen molar-refractivity contribution in [2.24, 2.45) is 29.4 Å². The van der Waals surface area contributed by atoms with Crippen molar-refractivity contribution < 1.29 is 33.7 Å². The number of ether oxygens (including phenoxy) is 1. The molecule has 0 aromatic carbocycles. The predicted molar refractivity (Wildman–Crippen MR) is 131 cm³/mol. The number of rotatable bonds is 11. The first-order valence-electron chi connectivity index (χ1n) is 13.8. The zero-order valence-corrected chi connectivity index (χ0v) is 20.0. The molecule has 4 N–H and O–H groups in total. The molecule has 0 bridgehead atoms. The zero-order valence-electron chi connectivity index (χ0n) is 22.0. The lowest BCUT2D eigenvalue weighted by atomic mass is 9.78. The van der Waals surface area contributed by atoms with E-state index in [1.54, 1.807) is 0 Å². The predicted octanol–water partition coefficient (Wildman–Crippen LogP) is 5.42. The minimum absolute atomic E-state index is 0. The van der Waals surface area contributed by atoms with E-state index in [1.807, 2.05) is 6.08 Å². The number of hydrogen-bond donors (Lipinski definition) is 3. The first kappa shape index (κ1) is 25.7. The number of allylic oxidation sites excluding steroid dienone is 1. The van der Waals surface area contributed by atoms with E-state index in [9.17, 15) is 19.5 Å². The summed E-state index contributed by atoms with van der Waals surface area (Å²) in [5, 5.41) is 18.0. The second kappa shape index (κ2) is 14.4. The molecule has 7 heteroatoms. The van der Waals surface area contributed by atoms with Gasteiger partial charge in [-0.15, -0.1) is 6.58 Å². The topological polar surface area (TPSA) is 127 Å². The summed E-state index contributed by atoms with van der Waals surface area (Å²) in [4.78, 5) is 34.0. The molecule has 3 saturated carbocycles. The molecule has 0 saturated heterocycles. The first-order chi connectivity index (χ1) is 16.8. The highest BCUT2D eigenvalue weighted by molar-refractivity contribution is 5.79. The molecule has 7 nitrogen and oxygen atoms in total. The van der Waals surface area contributed by atoms with Gasteiger partial charge in [-0.2, -0.15) is 0 Å². The number of carbonyl (C=O) groups is 3. The number of nitrogens with two attached hydrogens (primary N) is 1. The first-order valence-corrected chi connectivity index (χ1v) is 12.8. The molecular weight excluding hydrogens is 422 g/mol. The monoisotopic (exact) mass is 472 g/mol. The van der Waals surface area contributed by atoms with Crippen LogP contribution in [0.25, 0.3) is 0 Å². The number of carboxylic acids is 2. The Labute approximate surface area is 202 Å². The number of esters is 1. The fraction of sp³-hybridized carbons (Fsp3) is 0.808. The summed E-state index contributed by atoms with van der Waals surface area (Å²) in [6, 6.07) is -0.629. The van der Waals surface area contributed by atoms with Crippen LogP contribution in [0.4, 0.5) is 0 Å². The molecule has 0 heterocycles. The number of carbonyl (C=O) groups excluding carboxylic acids is 1. The Hall–Kier alpha value is -1.89. The Morgan fingerprint density at radius 1 is 1.00 bits per heavy atom. The van der Waals surface area contributed by atoms with Gasteiger partial charge < -0.3 is 20.7 Å². The maximum atomic E-state index is 12.0. The molecule has 0 radical (unpaired) electrons. The van der Waals surface area contributed by atoms with Crippen molar-refractivity contribution in [1.29, 1.82) is 0 Å². The van der Waals surface area contributed by atoms with Gasteiger partial charge in [-0.3, -0.25) is 14.4 Å². The van der Waals surface area contributed by atoms with Gasteiger partial charge in [0.1, 0.15) is 12.1 Å². The fourth-order valence-corrected chi connectivity index (χ4v) is 5.28. The van der Waals surface area contributed by atoms with Crippen LogP contribution in [0.1, 0.15) is 101 Å². The van der Waals surface area contributed by atoms with E-state index in [1.165, 1.54) is 12.8 Å². The normalized spacial score (nSPS) is 25.4. The van der Waals surface area contributed by atoms with Crippen LogP contribution in [-0.2, 0) is 19.1 Å². The average Bonchev–Trinajstić information content (AvgIpc) is 3.61. The van der Waals surface area contributed by atoms with Gasteiger partial charge in [0.25, 0.3) is 0 Å². The Balaban J connectivity index is 0.000000739. The lowest BCUT2D eigenvalue weighted by Gasteiger charge is -2.26. The second-order valence-electron chi connectivity index (χ2n) is 10.1. The largest absolute Gasteiger partial charge is 0.481 e. The molecule has 4 atom stereocenters. The van der Waals surface area contributed by atoms with Crippen LogP contribution in [0.2, 0.25) is 0 Å². The highest BCUT2D eigenvalue weighted by atomic mass is 16.5. The molecule has 0 spiro atoms. The average molecular weight is 473 g/mol. The minimum Gasteiger partial charge on any atom is -0.481 e. The SMILES string of the molecule is C=CCCC[C@@H]1C[C@H]1OC(=O)C[C@H](C(=O)O)C1CCCCC1.N[C@H](C(=O)O)C1CCCCC1.[2HH].[2H][2H]. The van der Waals surface area contributed by atoms with Gasteiger partial charge in [0.2, 0.25) is 0 Å². The lowest BCUT2D eigenvalue weighted by molar-refractivity contribution is -0.154. The molecule has 3 rings (SSSR count). The maximum Gasteiger partial charge on any atom is 0.320 e. The van der Waals surface area contributed by atoms with Gasteiger partial charge in [-0.25, -0.2) is 0 Å².